The van der Waals surface area contributed by atoms with Crippen molar-refractivity contribution in [2.75, 3.05) is 0 Å². The molecule has 5 rings (SSSR count). The van der Waals surface area contributed by atoms with Gasteiger partial charge in [0.1, 0.15) is 12.2 Å². The van der Waals surface area contributed by atoms with Gasteiger partial charge >= 0.3 is 11.5 Å². The Morgan fingerprint density at radius 2 is 1.69 bits per heavy atom. The Morgan fingerprint density at radius 1 is 1.12 bits per heavy atom. The molecule has 10 nitrogen and oxygen atoms in total. The van der Waals surface area contributed by atoms with Crippen LogP contribution in [0.15, 0.2) is 0 Å². The van der Waals surface area contributed by atoms with E-state index in [1.165, 1.54) is 13.3 Å². The molecule has 26 heavy (non-hydrogen) atoms. The molecule has 1 aromatic rings. The second-order valence-corrected chi connectivity index (χ2v) is 7.95. The molecule has 4 aliphatic rings. The van der Waals surface area contributed by atoms with Gasteiger partial charge < -0.3 is 15.4 Å². The van der Waals surface area contributed by atoms with Gasteiger partial charge in [0, 0.05) is 6.04 Å². The molecule has 4 saturated carbocycles. The molecule has 1 heterocycles. The molecule has 1 amide bonds. The number of rotatable bonds is 5. The molecule has 0 spiro atoms. The Bertz CT molecular complexity index is 760. The lowest BCUT2D eigenvalue weighted by Gasteiger charge is -2.54. The van der Waals surface area contributed by atoms with Crippen molar-refractivity contribution in [1.29, 1.82) is 0 Å². The first kappa shape index (κ1) is 16.9. The lowest BCUT2D eigenvalue weighted by atomic mass is 9.54. The lowest BCUT2D eigenvalue weighted by molar-refractivity contribution is -0.424. The highest BCUT2D eigenvalue weighted by Gasteiger charge is 2.48. The van der Waals surface area contributed by atoms with Crippen molar-refractivity contribution in [1.82, 2.24) is 15.1 Å². The molecule has 4 fully saturated rings. The third-order valence-electron chi connectivity index (χ3n) is 6.36. The summed E-state index contributed by atoms with van der Waals surface area (Å²) in [5.74, 6) is 1.50. The van der Waals surface area contributed by atoms with E-state index in [2.05, 4.69) is 10.4 Å². The highest BCUT2D eigenvalue weighted by atomic mass is 16.6. The van der Waals surface area contributed by atoms with Crippen molar-refractivity contribution in [2.45, 2.75) is 51.6 Å². The standard InChI is InChI=1S/C16H21N5O5/c1-8-15(20(23)24)16(21(25)26)18-19(8)7-13(22)17-14-11-3-9-2-10(5-11)6-12(14)4-9/h9-12,14H,2-7H2,1H3,(H,17,22). The average Bonchev–Trinajstić information content (AvgIpc) is 2.87. The number of nitrogens with one attached hydrogen (secondary N) is 1. The maximum absolute atomic E-state index is 12.5. The Balaban J connectivity index is 1.48. The fourth-order valence-electron chi connectivity index (χ4n) is 5.54. The maximum Gasteiger partial charge on any atom is 0.468 e. The molecular formula is C16H21N5O5. The van der Waals surface area contributed by atoms with E-state index in [1.54, 1.807) is 0 Å². The predicted molar refractivity (Wildman–Crippen MR) is 89.2 cm³/mol. The van der Waals surface area contributed by atoms with Crippen LogP contribution >= 0.6 is 0 Å². The van der Waals surface area contributed by atoms with Crippen LogP contribution in [0.2, 0.25) is 0 Å². The first-order valence-electron chi connectivity index (χ1n) is 8.99. The summed E-state index contributed by atoms with van der Waals surface area (Å²) < 4.78 is 1.06. The smallest absolute Gasteiger partial charge is 0.358 e. The molecule has 10 heteroatoms. The monoisotopic (exact) mass is 363 g/mol. The van der Waals surface area contributed by atoms with E-state index in [1.807, 2.05) is 0 Å². The Hall–Kier alpha value is -2.52. The normalized spacial score (nSPS) is 31.8. The van der Waals surface area contributed by atoms with Crippen LogP contribution < -0.4 is 5.32 Å². The van der Waals surface area contributed by atoms with Crippen molar-refractivity contribution in [3.8, 4) is 0 Å². The molecule has 0 unspecified atom stereocenters. The Morgan fingerprint density at radius 3 is 2.15 bits per heavy atom. The fourth-order valence-corrected chi connectivity index (χ4v) is 5.54. The summed E-state index contributed by atoms with van der Waals surface area (Å²) in [5.41, 5.74) is -0.639. The van der Waals surface area contributed by atoms with Crippen LogP contribution in [-0.2, 0) is 11.3 Å². The van der Waals surface area contributed by atoms with E-state index < -0.39 is 21.4 Å². The van der Waals surface area contributed by atoms with Crippen molar-refractivity contribution < 1.29 is 14.6 Å². The SMILES string of the molecule is Cc1c([N+](=O)[O-])c([N+](=O)[O-])nn1CC(=O)NC1C2CC3CC(C2)CC1C3. The van der Waals surface area contributed by atoms with Gasteiger partial charge in [-0.3, -0.25) is 14.9 Å². The molecule has 4 bridgehead atoms. The topological polar surface area (TPSA) is 133 Å². The van der Waals surface area contributed by atoms with Crippen LogP contribution in [-0.4, -0.2) is 31.6 Å². The fraction of sp³-hybridized carbons (Fsp3) is 0.750. The van der Waals surface area contributed by atoms with E-state index >= 15 is 0 Å². The number of carbonyl (C=O) groups excluding carboxylic acids is 1. The van der Waals surface area contributed by atoms with Gasteiger partial charge in [0.05, 0.1) is 10.0 Å². The summed E-state index contributed by atoms with van der Waals surface area (Å²) in [5, 5.41) is 28.8. The number of carbonyl (C=O) groups is 1. The molecular weight excluding hydrogens is 342 g/mol. The van der Waals surface area contributed by atoms with Crippen LogP contribution in [0.25, 0.3) is 0 Å². The highest BCUT2D eigenvalue weighted by Crippen LogP contribution is 2.53. The van der Waals surface area contributed by atoms with Gasteiger partial charge in [0.2, 0.25) is 5.91 Å². The van der Waals surface area contributed by atoms with E-state index in [9.17, 15) is 25.0 Å². The number of amides is 1. The van der Waals surface area contributed by atoms with Crippen molar-refractivity contribution in [3.63, 3.8) is 0 Å². The summed E-state index contributed by atoms with van der Waals surface area (Å²) in [6.45, 7) is 1.12. The van der Waals surface area contributed by atoms with Gasteiger partial charge in [-0.15, -0.1) is 0 Å². The van der Waals surface area contributed by atoms with Crippen LogP contribution in [0, 0.1) is 50.8 Å². The molecule has 0 aliphatic heterocycles. The second-order valence-electron chi connectivity index (χ2n) is 7.95. The minimum absolute atomic E-state index is 0.0157. The second kappa shape index (κ2) is 6.03. The molecule has 140 valence electrons. The molecule has 0 aromatic carbocycles. The first-order valence-corrected chi connectivity index (χ1v) is 8.99. The number of hydrogen-bond acceptors (Lipinski definition) is 6. The van der Waals surface area contributed by atoms with Crippen LogP contribution in [0.3, 0.4) is 0 Å². The average molecular weight is 363 g/mol. The zero-order valence-electron chi connectivity index (χ0n) is 14.5. The molecule has 0 saturated heterocycles. The van der Waals surface area contributed by atoms with E-state index in [4.69, 9.17) is 0 Å². The minimum atomic E-state index is -0.892. The van der Waals surface area contributed by atoms with Crippen LogP contribution in [0.5, 0.6) is 0 Å². The van der Waals surface area contributed by atoms with Crippen LogP contribution in [0.4, 0.5) is 11.5 Å². The van der Waals surface area contributed by atoms with Crippen LogP contribution in [0.1, 0.15) is 37.8 Å². The third kappa shape index (κ3) is 2.73. The van der Waals surface area contributed by atoms with Crippen molar-refractivity contribution in [2.24, 2.45) is 23.7 Å². The third-order valence-corrected chi connectivity index (χ3v) is 6.36. The number of nitro groups is 2. The van der Waals surface area contributed by atoms with Gasteiger partial charge in [-0.25, -0.2) is 0 Å². The van der Waals surface area contributed by atoms with Gasteiger partial charge in [-0.05, 0) is 67.6 Å². The lowest BCUT2D eigenvalue weighted by Crippen LogP contribution is -2.56. The van der Waals surface area contributed by atoms with E-state index in [0.29, 0.717) is 11.8 Å². The Labute approximate surface area is 149 Å². The summed E-state index contributed by atoms with van der Waals surface area (Å²) >= 11 is 0. The number of hydrogen-bond donors (Lipinski definition) is 1. The van der Waals surface area contributed by atoms with E-state index in [0.717, 1.165) is 42.2 Å². The largest absolute Gasteiger partial charge is 0.468 e. The zero-order valence-corrected chi connectivity index (χ0v) is 14.5. The summed E-state index contributed by atoms with van der Waals surface area (Å²) in [7, 11) is 0. The predicted octanol–water partition coefficient (Wildman–Crippen LogP) is 1.95. The molecule has 4 aliphatic carbocycles. The van der Waals surface area contributed by atoms with Gasteiger partial charge in [0.25, 0.3) is 0 Å². The Kier molecular flexibility index (Phi) is 3.92. The number of aromatic nitrogens is 2. The first-order chi connectivity index (χ1) is 12.3. The van der Waals surface area contributed by atoms with E-state index in [-0.39, 0.29) is 24.2 Å². The quantitative estimate of drug-likeness (QED) is 0.628. The van der Waals surface area contributed by atoms with Crippen molar-refractivity contribution in [3.05, 3.63) is 25.9 Å². The minimum Gasteiger partial charge on any atom is -0.358 e. The number of nitrogens with zero attached hydrogens (tertiary/aromatic N) is 4. The zero-order chi connectivity index (χ0) is 18.6. The molecule has 0 atom stereocenters. The summed E-state index contributed by atoms with van der Waals surface area (Å²) in [6, 6.07) is 0.149. The van der Waals surface area contributed by atoms with Gasteiger partial charge in [-0.1, -0.05) is 0 Å². The molecule has 0 radical (unpaired) electrons. The maximum atomic E-state index is 12.5. The van der Waals surface area contributed by atoms with Gasteiger partial charge in [0.15, 0.2) is 0 Å². The summed E-state index contributed by atoms with van der Waals surface area (Å²) in [4.78, 5) is 32.9. The van der Waals surface area contributed by atoms with Crippen molar-refractivity contribution >= 4 is 17.4 Å². The van der Waals surface area contributed by atoms with Gasteiger partial charge in [-0.2, -0.15) is 4.68 Å². The summed E-state index contributed by atoms with van der Waals surface area (Å²) in [6.07, 6.45) is 5.98. The highest BCUT2D eigenvalue weighted by molar-refractivity contribution is 5.76. The molecule has 1 N–H and O–H groups in total. The molecule has 1 aromatic heterocycles.